The van der Waals surface area contributed by atoms with Crippen molar-refractivity contribution in [2.45, 2.75) is 13.3 Å². The Morgan fingerprint density at radius 3 is 2.80 bits per heavy atom. The van der Waals surface area contributed by atoms with Gasteiger partial charge in [-0.1, -0.05) is 0 Å². The van der Waals surface area contributed by atoms with Gasteiger partial charge in [-0.2, -0.15) is 0 Å². The van der Waals surface area contributed by atoms with Gasteiger partial charge >= 0.3 is 0 Å². The van der Waals surface area contributed by atoms with Gasteiger partial charge in [0.05, 0.1) is 0 Å². The minimum Gasteiger partial charge on any atom is -0.319 e. The maximum atomic E-state index is 3.98. The van der Waals surface area contributed by atoms with Gasteiger partial charge in [-0.3, -0.25) is 0 Å². The quantitative estimate of drug-likeness (QED) is 0.698. The first-order valence-electron chi connectivity index (χ1n) is 3.26. The van der Waals surface area contributed by atoms with Crippen molar-refractivity contribution in [1.29, 1.82) is 0 Å². The Morgan fingerprint density at radius 1 is 1.50 bits per heavy atom. The summed E-state index contributed by atoms with van der Waals surface area (Å²) < 4.78 is 0. The second kappa shape index (κ2) is 3.63. The van der Waals surface area contributed by atoms with Crippen molar-refractivity contribution in [2.75, 3.05) is 13.6 Å². The van der Waals surface area contributed by atoms with E-state index in [1.54, 1.807) is 11.3 Å². The third-order valence-electron chi connectivity index (χ3n) is 1.16. The van der Waals surface area contributed by atoms with Crippen LogP contribution in [-0.2, 0) is 6.42 Å². The molecule has 0 unspecified atom stereocenters. The van der Waals surface area contributed by atoms with Crippen LogP contribution >= 0.6 is 11.3 Å². The molecule has 56 valence electrons. The van der Waals surface area contributed by atoms with Crippen LogP contribution in [0.15, 0.2) is 0 Å². The van der Waals surface area contributed by atoms with Crippen LogP contribution < -0.4 is 5.32 Å². The SMILES string of the molecule is CNCCc1nnc(C)s1. The molecule has 1 rings (SSSR count). The van der Waals surface area contributed by atoms with Crippen LogP contribution in [0.2, 0.25) is 0 Å². The second-order valence-corrected chi connectivity index (χ2v) is 3.33. The molecular weight excluding hydrogens is 146 g/mol. The summed E-state index contributed by atoms with van der Waals surface area (Å²) in [5.41, 5.74) is 0. The molecule has 10 heavy (non-hydrogen) atoms. The smallest absolute Gasteiger partial charge is 0.118 e. The zero-order chi connectivity index (χ0) is 7.40. The van der Waals surface area contributed by atoms with Crippen LogP contribution in [0.25, 0.3) is 0 Å². The second-order valence-electron chi connectivity index (χ2n) is 2.07. The third kappa shape index (κ3) is 2.04. The van der Waals surface area contributed by atoms with Crippen LogP contribution in [0, 0.1) is 6.92 Å². The number of hydrogen-bond acceptors (Lipinski definition) is 4. The Kier molecular flexibility index (Phi) is 2.77. The van der Waals surface area contributed by atoms with E-state index in [0.29, 0.717) is 0 Å². The fourth-order valence-electron chi connectivity index (χ4n) is 0.670. The maximum absolute atomic E-state index is 3.98. The van der Waals surface area contributed by atoms with Crippen LogP contribution in [0.5, 0.6) is 0 Å². The van der Waals surface area contributed by atoms with Crippen molar-refractivity contribution in [2.24, 2.45) is 0 Å². The molecule has 0 bridgehead atoms. The Balaban J connectivity index is 2.42. The zero-order valence-electron chi connectivity index (χ0n) is 6.22. The molecule has 3 nitrogen and oxygen atoms in total. The summed E-state index contributed by atoms with van der Waals surface area (Å²) in [6, 6.07) is 0. The first-order chi connectivity index (χ1) is 4.83. The summed E-state index contributed by atoms with van der Waals surface area (Å²) in [6.45, 7) is 2.95. The van der Waals surface area contributed by atoms with Crippen molar-refractivity contribution in [3.8, 4) is 0 Å². The summed E-state index contributed by atoms with van der Waals surface area (Å²) in [6.07, 6.45) is 0.988. The van der Waals surface area contributed by atoms with Gasteiger partial charge in [-0.15, -0.1) is 21.5 Å². The lowest BCUT2D eigenvalue weighted by molar-refractivity contribution is 0.778. The molecule has 0 aliphatic rings. The molecule has 0 aliphatic carbocycles. The molecule has 1 N–H and O–H groups in total. The zero-order valence-corrected chi connectivity index (χ0v) is 7.03. The lowest BCUT2D eigenvalue weighted by Crippen LogP contribution is -2.09. The van der Waals surface area contributed by atoms with Gasteiger partial charge in [0.25, 0.3) is 0 Å². The predicted molar refractivity (Wildman–Crippen MR) is 42.3 cm³/mol. The molecule has 0 amide bonds. The molecule has 0 saturated heterocycles. The molecule has 0 atom stereocenters. The standard InChI is InChI=1S/C6H11N3S/c1-5-8-9-6(10-5)3-4-7-2/h7H,3-4H2,1-2H3. The lowest BCUT2D eigenvalue weighted by Gasteiger charge is -1.90. The van der Waals surface area contributed by atoms with E-state index in [2.05, 4.69) is 15.5 Å². The fourth-order valence-corrected chi connectivity index (χ4v) is 1.38. The normalized spacial score (nSPS) is 10.2. The molecule has 0 fully saturated rings. The van der Waals surface area contributed by atoms with Gasteiger partial charge in [0.1, 0.15) is 10.0 Å². The summed E-state index contributed by atoms with van der Waals surface area (Å²) >= 11 is 1.67. The van der Waals surface area contributed by atoms with Crippen LogP contribution in [0.3, 0.4) is 0 Å². The van der Waals surface area contributed by atoms with Crippen molar-refractivity contribution in [3.05, 3.63) is 10.0 Å². The first kappa shape index (κ1) is 7.63. The highest BCUT2D eigenvalue weighted by atomic mass is 32.1. The van der Waals surface area contributed by atoms with Crippen LogP contribution in [0.1, 0.15) is 10.0 Å². The van der Waals surface area contributed by atoms with E-state index < -0.39 is 0 Å². The fraction of sp³-hybridized carbons (Fsp3) is 0.667. The highest BCUT2D eigenvalue weighted by Gasteiger charge is 1.97. The molecule has 0 aliphatic heterocycles. The van der Waals surface area contributed by atoms with Gasteiger partial charge < -0.3 is 5.32 Å². The molecule has 1 heterocycles. The maximum Gasteiger partial charge on any atom is 0.118 e. The summed E-state index contributed by atoms with van der Waals surface area (Å²) in [5, 5.41) is 13.1. The lowest BCUT2D eigenvalue weighted by atomic mass is 10.4. The van der Waals surface area contributed by atoms with Gasteiger partial charge in [-0.05, 0) is 14.0 Å². The Morgan fingerprint density at radius 2 is 2.30 bits per heavy atom. The van der Waals surface area contributed by atoms with E-state index in [0.717, 1.165) is 23.0 Å². The Bertz CT molecular complexity index is 197. The summed E-state index contributed by atoms with van der Waals surface area (Å²) in [4.78, 5) is 0. The van der Waals surface area contributed by atoms with Crippen molar-refractivity contribution in [3.63, 3.8) is 0 Å². The summed E-state index contributed by atoms with van der Waals surface area (Å²) in [5.74, 6) is 0. The number of aromatic nitrogens is 2. The largest absolute Gasteiger partial charge is 0.319 e. The number of aryl methyl sites for hydroxylation is 1. The van der Waals surface area contributed by atoms with E-state index in [1.807, 2.05) is 14.0 Å². The van der Waals surface area contributed by atoms with E-state index in [1.165, 1.54) is 0 Å². The van der Waals surface area contributed by atoms with Crippen molar-refractivity contribution >= 4 is 11.3 Å². The van der Waals surface area contributed by atoms with Crippen LogP contribution in [0.4, 0.5) is 0 Å². The Labute approximate surface area is 64.5 Å². The monoisotopic (exact) mass is 157 g/mol. The van der Waals surface area contributed by atoms with E-state index >= 15 is 0 Å². The number of nitrogens with one attached hydrogen (secondary N) is 1. The molecule has 1 aromatic heterocycles. The average Bonchev–Trinajstić information content (AvgIpc) is 2.31. The summed E-state index contributed by atoms with van der Waals surface area (Å²) in [7, 11) is 1.94. The van der Waals surface area contributed by atoms with Crippen molar-refractivity contribution in [1.82, 2.24) is 15.5 Å². The average molecular weight is 157 g/mol. The predicted octanol–water partition coefficient (Wildman–Crippen LogP) is 0.608. The molecule has 0 saturated carbocycles. The molecule has 0 aromatic carbocycles. The molecule has 4 heteroatoms. The first-order valence-corrected chi connectivity index (χ1v) is 4.08. The number of hydrogen-bond donors (Lipinski definition) is 1. The number of rotatable bonds is 3. The van der Waals surface area contributed by atoms with Crippen LogP contribution in [-0.4, -0.2) is 23.8 Å². The minimum absolute atomic E-state index is 0.981. The number of nitrogens with zero attached hydrogens (tertiary/aromatic N) is 2. The molecule has 1 aromatic rings. The molecule has 0 radical (unpaired) electrons. The van der Waals surface area contributed by atoms with E-state index in [9.17, 15) is 0 Å². The molecule has 0 spiro atoms. The van der Waals surface area contributed by atoms with E-state index in [4.69, 9.17) is 0 Å². The van der Waals surface area contributed by atoms with Gasteiger partial charge in [-0.25, -0.2) is 0 Å². The van der Waals surface area contributed by atoms with Gasteiger partial charge in [0.15, 0.2) is 0 Å². The molecular formula is C6H11N3S. The van der Waals surface area contributed by atoms with E-state index in [-0.39, 0.29) is 0 Å². The third-order valence-corrected chi connectivity index (χ3v) is 2.06. The van der Waals surface area contributed by atoms with Gasteiger partial charge in [0, 0.05) is 13.0 Å². The number of likely N-dealkylation sites (N-methyl/N-ethyl adjacent to an activating group) is 1. The Hall–Kier alpha value is -0.480. The topological polar surface area (TPSA) is 37.8 Å². The highest BCUT2D eigenvalue weighted by molar-refractivity contribution is 7.11. The van der Waals surface area contributed by atoms with Gasteiger partial charge in [0.2, 0.25) is 0 Å². The highest BCUT2D eigenvalue weighted by Crippen LogP contribution is 2.07. The van der Waals surface area contributed by atoms with Crippen molar-refractivity contribution < 1.29 is 0 Å². The minimum atomic E-state index is 0.981.